The molecule has 2 N–H and O–H groups in total. The van der Waals surface area contributed by atoms with E-state index in [4.69, 9.17) is 21.4 Å². The van der Waals surface area contributed by atoms with E-state index in [9.17, 15) is 13.2 Å². The first-order valence-corrected chi connectivity index (χ1v) is 7.69. The minimum Gasteiger partial charge on any atom is -0.494 e. The van der Waals surface area contributed by atoms with Crippen LogP contribution in [-0.2, 0) is 10.0 Å². The van der Waals surface area contributed by atoms with Crippen molar-refractivity contribution in [2.75, 3.05) is 7.11 Å². The Kier molecular flexibility index (Phi) is 3.70. The fourth-order valence-electron chi connectivity index (χ4n) is 1.81. The molecule has 110 valence electrons. The zero-order valence-corrected chi connectivity index (χ0v) is 12.5. The zero-order chi connectivity index (χ0) is 15.1. The second-order valence-corrected chi connectivity index (χ2v) is 7.04. The predicted octanol–water partition coefficient (Wildman–Crippen LogP) is 1.88. The number of hydrogen-bond acceptors (Lipinski definition) is 4. The van der Waals surface area contributed by atoms with Gasteiger partial charge in [0, 0.05) is 10.6 Å². The van der Waals surface area contributed by atoms with E-state index in [-0.39, 0.29) is 21.2 Å². The third kappa shape index (κ3) is 2.89. The molecule has 1 saturated carbocycles. The lowest BCUT2D eigenvalue weighted by Gasteiger charge is -2.16. The normalized spacial score (nSPS) is 16.8. The van der Waals surface area contributed by atoms with Crippen molar-refractivity contribution >= 4 is 27.6 Å². The first-order chi connectivity index (χ1) is 9.18. The number of ether oxygens (including phenoxy) is 1. The van der Waals surface area contributed by atoms with Crippen LogP contribution in [-0.4, -0.2) is 32.1 Å². The number of methoxy groups -OCH3 is 1. The van der Waals surface area contributed by atoms with E-state index in [0.717, 1.165) is 18.9 Å². The minimum atomic E-state index is -3.90. The average Bonchev–Trinajstić information content (AvgIpc) is 3.04. The highest BCUT2D eigenvalue weighted by molar-refractivity contribution is 7.89. The Hall–Kier alpha value is -1.31. The number of hydrogen-bond donors (Lipinski definition) is 2. The lowest BCUT2D eigenvalue weighted by molar-refractivity contribution is 0.0693. The summed E-state index contributed by atoms with van der Waals surface area (Å²) in [6.07, 6.45) is 1.47. The van der Waals surface area contributed by atoms with Gasteiger partial charge in [0.2, 0.25) is 10.0 Å². The van der Waals surface area contributed by atoms with Gasteiger partial charge in [0.1, 0.15) is 10.5 Å². The molecule has 1 aromatic carbocycles. The van der Waals surface area contributed by atoms with Crippen LogP contribution in [0.4, 0.5) is 0 Å². The van der Waals surface area contributed by atoms with Crippen molar-refractivity contribution in [2.24, 2.45) is 0 Å². The number of sulfonamides is 1. The summed E-state index contributed by atoms with van der Waals surface area (Å²) < 4.78 is 32.2. The van der Waals surface area contributed by atoms with Crippen LogP contribution in [0, 0.1) is 0 Å². The molecule has 0 spiro atoms. The average molecular weight is 320 g/mol. The summed E-state index contributed by atoms with van der Waals surface area (Å²) in [5, 5.41) is 9.12. The SMILES string of the molecule is COc1c(C(=O)O)cc(Cl)cc1S(=O)(=O)NC1(C)CC1. The Labute approximate surface area is 121 Å². The first kappa shape index (κ1) is 15.1. The molecule has 2 rings (SSSR count). The van der Waals surface area contributed by atoms with E-state index in [2.05, 4.69) is 4.72 Å². The summed E-state index contributed by atoms with van der Waals surface area (Å²) in [5.74, 6) is -1.53. The van der Waals surface area contributed by atoms with E-state index in [1.807, 2.05) is 0 Å². The van der Waals surface area contributed by atoms with Gasteiger partial charge in [-0.2, -0.15) is 0 Å². The molecule has 0 aliphatic heterocycles. The molecule has 8 heteroatoms. The molecule has 0 unspecified atom stereocenters. The van der Waals surface area contributed by atoms with Gasteiger partial charge < -0.3 is 9.84 Å². The molecule has 1 aliphatic rings. The van der Waals surface area contributed by atoms with Crippen molar-refractivity contribution in [3.05, 3.63) is 22.7 Å². The maximum atomic E-state index is 12.4. The van der Waals surface area contributed by atoms with Crippen molar-refractivity contribution in [2.45, 2.75) is 30.2 Å². The highest BCUT2D eigenvalue weighted by atomic mass is 35.5. The van der Waals surface area contributed by atoms with Gasteiger partial charge in [0.05, 0.1) is 7.11 Å². The lowest BCUT2D eigenvalue weighted by Crippen LogP contribution is -2.34. The third-order valence-corrected chi connectivity index (χ3v) is 4.99. The van der Waals surface area contributed by atoms with Crippen molar-refractivity contribution < 1.29 is 23.1 Å². The van der Waals surface area contributed by atoms with Crippen LogP contribution in [0.5, 0.6) is 5.75 Å². The van der Waals surface area contributed by atoms with E-state index in [1.165, 1.54) is 13.2 Å². The van der Waals surface area contributed by atoms with Gasteiger partial charge in [-0.1, -0.05) is 11.6 Å². The highest BCUT2D eigenvalue weighted by Crippen LogP contribution is 2.38. The van der Waals surface area contributed by atoms with Crippen LogP contribution in [0.3, 0.4) is 0 Å². The monoisotopic (exact) mass is 319 g/mol. The van der Waals surface area contributed by atoms with Gasteiger partial charge in [-0.05, 0) is 31.9 Å². The molecular formula is C12H14ClNO5S. The Morgan fingerprint density at radius 2 is 2.05 bits per heavy atom. The molecule has 0 atom stereocenters. The molecule has 1 aliphatic carbocycles. The number of carboxylic acid groups (broad SMARTS) is 1. The molecular weight excluding hydrogens is 306 g/mol. The van der Waals surface area contributed by atoms with E-state index >= 15 is 0 Å². The second kappa shape index (κ2) is 4.91. The summed E-state index contributed by atoms with van der Waals surface area (Å²) in [4.78, 5) is 10.9. The summed E-state index contributed by atoms with van der Waals surface area (Å²) >= 11 is 5.80. The summed E-state index contributed by atoms with van der Waals surface area (Å²) in [7, 11) is -2.68. The van der Waals surface area contributed by atoms with Gasteiger partial charge >= 0.3 is 5.97 Å². The molecule has 0 saturated heterocycles. The molecule has 0 bridgehead atoms. The first-order valence-electron chi connectivity index (χ1n) is 5.83. The van der Waals surface area contributed by atoms with Gasteiger partial charge in [-0.15, -0.1) is 0 Å². The van der Waals surface area contributed by atoms with Crippen LogP contribution in [0.2, 0.25) is 5.02 Å². The maximum absolute atomic E-state index is 12.4. The van der Waals surface area contributed by atoms with E-state index < -0.39 is 21.5 Å². The lowest BCUT2D eigenvalue weighted by atomic mass is 10.2. The van der Waals surface area contributed by atoms with Crippen LogP contribution in [0.15, 0.2) is 17.0 Å². The van der Waals surface area contributed by atoms with E-state index in [1.54, 1.807) is 6.92 Å². The van der Waals surface area contributed by atoms with E-state index in [0.29, 0.717) is 0 Å². The standard InChI is InChI=1S/C12H14ClNO5S/c1-12(3-4-12)14-20(17,18)9-6-7(13)5-8(11(15)16)10(9)19-2/h5-6,14H,3-4H2,1-2H3,(H,15,16). The Morgan fingerprint density at radius 3 is 2.50 bits per heavy atom. The fourth-order valence-corrected chi connectivity index (χ4v) is 3.77. The number of rotatable bonds is 5. The summed E-state index contributed by atoms with van der Waals surface area (Å²) in [6, 6.07) is 2.33. The van der Waals surface area contributed by atoms with Crippen molar-refractivity contribution in [3.63, 3.8) is 0 Å². The zero-order valence-electron chi connectivity index (χ0n) is 10.9. The number of carbonyl (C=O) groups is 1. The number of halogens is 1. The quantitative estimate of drug-likeness (QED) is 0.864. The predicted molar refractivity (Wildman–Crippen MR) is 72.9 cm³/mol. The molecule has 0 amide bonds. The van der Waals surface area contributed by atoms with Crippen LogP contribution in [0.1, 0.15) is 30.1 Å². The Morgan fingerprint density at radius 1 is 1.45 bits per heavy atom. The summed E-state index contributed by atoms with van der Waals surface area (Å²) in [5.41, 5.74) is -0.767. The Bertz CT molecular complexity index is 667. The molecule has 0 heterocycles. The second-order valence-electron chi connectivity index (χ2n) is 4.96. The van der Waals surface area contributed by atoms with Crippen LogP contribution < -0.4 is 9.46 Å². The number of benzene rings is 1. The Balaban J connectivity index is 2.58. The van der Waals surface area contributed by atoms with Gasteiger partial charge in [0.25, 0.3) is 0 Å². The maximum Gasteiger partial charge on any atom is 0.339 e. The van der Waals surface area contributed by atoms with Gasteiger partial charge in [-0.25, -0.2) is 17.9 Å². The topological polar surface area (TPSA) is 92.7 Å². The van der Waals surface area contributed by atoms with Crippen molar-refractivity contribution in [1.82, 2.24) is 4.72 Å². The number of aromatic carboxylic acids is 1. The largest absolute Gasteiger partial charge is 0.494 e. The molecule has 20 heavy (non-hydrogen) atoms. The third-order valence-electron chi connectivity index (χ3n) is 3.12. The fraction of sp³-hybridized carbons (Fsp3) is 0.417. The van der Waals surface area contributed by atoms with Gasteiger partial charge in [-0.3, -0.25) is 0 Å². The van der Waals surface area contributed by atoms with Crippen molar-refractivity contribution in [1.29, 1.82) is 0 Å². The van der Waals surface area contributed by atoms with Crippen molar-refractivity contribution in [3.8, 4) is 5.75 Å². The molecule has 1 aromatic rings. The van der Waals surface area contributed by atoms with Crippen LogP contribution in [0.25, 0.3) is 0 Å². The number of nitrogens with one attached hydrogen (secondary N) is 1. The molecule has 6 nitrogen and oxygen atoms in total. The molecule has 1 fully saturated rings. The highest BCUT2D eigenvalue weighted by Gasteiger charge is 2.42. The smallest absolute Gasteiger partial charge is 0.339 e. The molecule has 0 aromatic heterocycles. The van der Waals surface area contributed by atoms with Crippen LogP contribution >= 0.6 is 11.6 Å². The minimum absolute atomic E-state index is 0.0181. The molecule has 0 radical (unpaired) electrons. The van der Waals surface area contributed by atoms with Gasteiger partial charge in [0.15, 0.2) is 5.75 Å². The number of carboxylic acids is 1. The summed E-state index contributed by atoms with van der Waals surface area (Å²) in [6.45, 7) is 1.78.